The summed E-state index contributed by atoms with van der Waals surface area (Å²) in [5.74, 6) is -1.78. The Morgan fingerprint density at radius 1 is 1.04 bits per heavy atom. The first-order valence-electron chi connectivity index (χ1n) is 9.63. The molecule has 2 aliphatic rings. The molecule has 2 unspecified atom stereocenters. The SMILES string of the molecule is CC(=O)OCC(C(=O)O[C@H]1CC2C[C@H](OC(C)=O)[C@@H](C1)N2C)c1ccccc1. The van der Waals surface area contributed by atoms with E-state index in [1.165, 1.54) is 13.8 Å². The first-order valence-corrected chi connectivity index (χ1v) is 9.63. The molecule has 7 nitrogen and oxygen atoms in total. The summed E-state index contributed by atoms with van der Waals surface area (Å²) < 4.78 is 16.4. The molecule has 0 aromatic heterocycles. The van der Waals surface area contributed by atoms with E-state index < -0.39 is 17.9 Å². The maximum Gasteiger partial charge on any atom is 0.317 e. The molecule has 0 spiro atoms. The second-order valence-corrected chi connectivity index (χ2v) is 7.57. The lowest BCUT2D eigenvalue weighted by Gasteiger charge is -2.36. The van der Waals surface area contributed by atoms with Gasteiger partial charge in [0.1, 0.15) is 24.7 Å². The van der Waals surface area contributed by atoms with Gasteiger partial charge in [0.2, 0.25) is 0 Å². The third-order valence-electron chi connectivity index (χ3n) is 5.61. The predicted molar refractivity (Wildman–Crippen MR) is 100 cm³/mol. The highest BCUT2D eigenvalue weighted by atomic mass is 16.6. The highest BCUT2D eigenvalue weighted by Gasteiger charge is 2.47. The van der Waals surface area contributed by atoms with E-state index in [0.29, 0.717) is 12.8 Å². The average Bonchev–Trinajstić information content (AvgIpc) is 2.80. The van der Waals surface area contributed by atoms with Crippen molar-refractivity contribution in [3.8, 4) is 0 Å². The predicted octanol–water partition coefficient (Wildman–Crippen LogP) is 2.04. The number of benzene rings is 1. The van der Waals surface area contributed by atoms with Crippen molar-refractivity contribution in [1.29, 1.82) is 0 Å². The number of carbonyl (C=O) groups is 3. The van der Waals surface area contributed by atoms with Gasteiger partial charge in [0.05, 0.1) is 6.04 Å². The average molecular weight is 389 g/mol. The monoisotopic (exact) mass is 389 g/mol. The lowest BCUT2D eigenvalue weighted by Crippen LogP contribution is -2.46. The van der Waals surface area contributed by atoms with Crippen LogP contribution in [-0.2, 0) is 28.6 Å². The molecule has 0 saturated carbocycles. The largest absolute Gasteiger partial charge is 0.465 e. The Labute approximate surface area is 164 Å². The fraction of sp³-hybridized carbons (Fsp3) is 0.571. The Morgan fingerprint density at radius 2 is 1.75 bits per heavy atom. The van der Waals surface area contributed by atoms with Gasteiger partial charge < -0.3 is 14.2 Å². The summed E-state index contributed by atoms with van der Waals surface area (Å²) in [7, 11) is 2.02. The van der Waals surface area contributed by atoms with Crippen LogP contribution in [-0.4, -0.2) is 60.8 Å². The zero-order valence-electron chi connectivity index (χ0n) is 16.5. The Bertz CT molecular complexity index is 721. The molecule has 2 bridgehead atoms. The molecule has 2 heterocycles. The van der Waals surface area contributed by atoms with Crippen LogP contribution in [0.25, 0.3) is 0 Å². The van der Waals surface area contributed by atoms with Gasteiger partial charge in [0.25, 0.3) is 0 Å². The standard InChI is InChI=1S/C21H27NO6/c1-13(23)26-12-18(15-7-5-4-6-8-15)21(25)28-17-9-16-10-20(27-14(2)24)19(11-17)22(16)3/h4-8,16-20H,9-12H2,1-3H3/t16?,17-,18?,19+,20-/m0/s1. The molecule has 3 rings (SSSR count). The zero-order valence-corrected chi connectivity index (χ0v) is 16.5. The molecule has 0 radical (unpaired) electrons. The minimum absolute atomic E-state index is 0.0455. The van der Waals surface area contributed by atoms with E-state index in [0.717, 1.165) is 12.0 Å². The number of rotatable bonds is 6. The Morgan fingerprint density at radius 3 is 2.39 bits per heavy atom. The fourth-order valence-corrected chi connectivity index (χ4v) is 4.24. The molecule has 28 heavy (non-hydrogen) atoms. The molecule has 0 amide bonds. The number of likely N-dealkylation sites (N-methyl/N-ethyl adjacent to an activating group) is 1. The maximum atomic E-state index is 12.9. The summed E-state index contributed by atoms with van der Waals surface area (Å²) in [6.07, 6.45) is 1.66. The van der Waals surface area contributed by atoms with E-state index >= 15 is 0 Å². The van der Waals surface area contributed by atoms with Gasteiger partial charge in [-0.25, -0.2) is 0 Å². The lowest BCUT2D eigenvalue weighted by molar-refractivity contribution is -0.159. The number of carbonyl (C=O) groups excluding carboxylic acids is 3. The van der Waals surface area contributed by atoms with Gasteiger partial charge in [-0.2, -0.15) is 0 Å². The van der Waals surface area contributed by atoms with Gasteiger partial charge in [-0.15, -0.1) is 0 Å². The highest BCUT2D eigenvalue weighted by Crippen LogP contribution is 2.38. The number of ether oxygens (including phenoxy) is 3. The summed E-state index contributed by atoms with van der Waals surface area (Å²) in [6, 6.07) is 9.44. The number of esters is 3. The number of piperidine rings is 1. The molecule has 1 aromatic rings. The van der Waals surface area contributed by atoms with Gasteiger partial charge in [-0.1, -0.05) is 30.3 Å². The Balaban J connectivity index is 1.67. The van der Waals surface area contributed by atoms with Crippen molar-refractivity contribution in [3.05, 3.63) is 35.9 Å². The van der Waals surface area contributed by atoms with Crippen LogP contribution in [0, 0.1) is 0 Å². The van der Waals surface area contributed by atoms with E-state index in [9.17, 15) is 14.4 Å². The number of hydrogen-bond donors (Lipinski definition) is 0. The van der Waals surface area contributed by atoms with Crippen LogP contribution < -0.4 is 0 Å². The van der Waals surface area contributed by atoms with Crippen LogP contribution in [0.3, 0.4) is 0 Å². The molecule has 2 aliphatic heterocycles. The van der Waals surface area contributed by atoms with Crippen LogP contribution in [0.1, 0.15) is 44.6 Å². The quantitative estimate of drug-likeness (QED) is 0.544. The molecule has 0 aliphatic carbocycles. The summed E-state index contributed by atoms with van der Waals surface area (Å²) >= 11 is 0. The van der Waals surface area contributed by atoms with Crippen molar-refractivity contribution in [3.63, 3.8) is 0 Å². The normalized spacial score (nSPS) is 27.7. The second kappa shape index (κ2) is 8.73. The summed E-state index contributed by atoms with van der Waals surface area (Å²) in [5.41, 5.74) is 0.752. The zero-order chi connectivity index (χ0) is 20.3. The molecule has 1 aromatic carbocycles. The molecule has 5 atom stereocenters. The Kier molecular flexibility index (Phi) is 6.34. The van der Waals surface area contributed by atoms with E-state index in [-0.39, 0.29) is 36.9 Å². The van der Waals surface area contributed by atoms with Crippen molar-refractivity contribution >= 4 is 17.9 Å². The van der Waals surface area contributed by atoms with E-state index in [4.69, 9.17) is 14.2 Å². The van der Waals surface area contributed by atoms with E-state index in [2.05, 4.69) is 4.90 Å². The molecular formula is C21H27NO6. The number of hydrogen-bond acceptors (Lipinski definition) is 7. The van der Waals surface area contributed by atoms with Gasteiger partial charge in [0, 0.05) is 39.2 Å². The second-order valence-electron chi connectivity index (χ2n) is 7.57. The minimum Gasteiger partial charge on any atom is -0.465 e. The van der Waals surface area contributed by atoms with Gasteiger partial charge in [0.15, 0.2) is 0 Å². The van der Waals surface area contributed by atoms with Crippen LogP contribution in [0.15, 0.2) is 30.3 Å². The van der Waals surface area contributed by atoms with Crippen LogP contribution in [0.5, 0.6) is 0 Å². The van der Waals surface area contributed by atoms with Gasteiger partial charge in [-0.3, -0.25) is 19.3 Å². The first-order chi connectivity index (χ1) is 13.3. The third-order valence-corrected chi connectivity index (χ3v) is 5.61. The van der Waals surface area contributed by atoms with Gasteiger partial charge >= 0.3 is 17.9 Å². The smallest absolute Gasteiger partial charge is 0.317 e. The molecule has 7 heteroatoms. The maximum absolute atomic E-state index is 12.9. The third kappa shape index (κ3) is 4.70. The van der Waals surface area contributed by atoms with E-state index in [1.807, 2.05) is 37.4 Å². The molecule has 2 saturated heterocycles. The summed E-state index contributed by atoms with van der Waals surface area (Å²) in [6.45, 7) is 2.68. The first kappa shape index (κ1) is 20.3. The summed E-state index contributed by atoms with van der Waals surface area (Å²) in [4.78, 5) is 37.7. The van der Waals surface area contributed by atoms with Crippen molar-refractivity contribution in [1.82, 2.24) is 4.90 Å². The number of nitrogens with zero attached hydrogens (tertiary/aromatic N) is 1. The summed E-state index contributed by atoms with van der Waals surface area (Å²) in [5, 5.41) is 0. The van der Waals surface area contributed by atoms with Gasteiger partial charge in [-0.05, 0) is 12.6 Å². The topological polar surface area (TPSA) is 82.1 Å². The molecular weight excluding hydrogens is 362 g/mol. The van der Waals surface area contributed by atoms with Crippen LogP contribution in [0.2, 0.25) is 0 Å². The fourth-order valence-electron chi connectivity index (χ4n) is 4.24. The van der Waals surface area contributed by atoms with Crippen LogP contribution >= 0.6 is 0 Å². The van der Waals surface area contributed by atoms with Crippen LogP contribution in [0.4, 0.5) is 0 Å². The van der Waals surface area contributed by atoms with Crippen molar-refractivity contribution < 1.29 is 28.6 Å². The molecule has 152 valence electrons. The van der Waals surface area contributed by atoms with Crippen molar-refractivity contribution in [2.24, 2.45) is 0 Å². The number of fused-ring (bicyclic) bond motifs is 2. The molecule has 0 N–H and O–H groups in total. The minimum atomic E-state index is -0.660. The highest BCUT2D eigenvalue weighted by molar-refractivity contribution is 5.79. The Hall–Kier alpha value is -2.41. The van der Waals surface area contributed by atoms with Crippen molar-refractivity contribution in [2.75, 3.05) is 13.7 Å². The van der Waals surface area contributed by atoms with E-state index in [1.54, 1.807) is 0 Å². The lowest BCUT2D eigenvalue weighted by atomic mass is 9.98. The van der Waals surface area contributed by atoms with Crippen molar-refractivity contribution in [2.45, 2.75) is 63.3 Å². The molecule has 2 fully saturated rings.